The monoisotopic (exact) mass is 279 g/mol. The molecule has 1 heterocycles. The summed E-state index contributed by atoms with van der Waals surface area (Å²) in [6, 6.07) is 6.92. The Kier molecular flexibility index (Phi) is 5.09. The fraction of sp³-hybridized carbons (Fsp3) is 0.533. The third kappa shape index (κ3) is 3.77. The highest BCUT2D eigenvalue weighted by Gasteiger charge is 2.25. The van der Waals surface area contributed by atoms with E-state index in [2.05, 4.69) is 10.2 Å². The molecule has 1 atom stereocenters. The van der Waals surface area contributed by atoms with Gasteiger partial charge in [0, 0.05) is 38.6 Å². The summed E-state index contributed by atoms with van der Waals surface area (Å²) >= 11 is 0. The highest BCUT2D eigenvalue weighted by atomic mass is 19.1. The van der Waals surface area contributed by atoms with E-state index in [1.807, 2.05) is 6.07 Å². The molecule has 0 bridgehead atoms. The third-order valence-electron chi connectivity index (χ3n) is 3.83. The number of carbonyl (C=O) groups excluding carboxylic acids is 1. The molecule has 0 radical (unpaired) electrons. The highest BCUT2D eigenvalue weighted by molar-refractivity contribution is 5.73. The van der Waals surface area contributed by atoms with E-state index in [9.17, 15) is 9.18 Å². The van der Waals surface area contributed by atoms with Crippen LogP contribution < -0.4 is 11.1 Å². The summed E-state index contributed by atoms with van der Waals surface area (Å²) in [4.78, 5) is 13.3. The summed E-state index contributed by atoms with van der Waals surface area (Å²) < 4.78 is 13.3. The van der Waals surface area contributed by atoms with Crippen molar-refractivity contribution in [3.05, 3.63) is 35.6 Å². The first-order chi connectivity index (χ1) is 9.60. The zero-order chi connectivity index (χ0) is 14.5. The zero-order valence-corrected chi connectivity index (χ0v) is 11.8. The lowest BCUT2D eigenvalue weighted by Crippen LogP contribution is -2.46. The minimum atomic E-state index is -0.228. The summed E-state index contributed by atoms with van der Waals surface area (Å²) in [5.41, 5.74) is 6.79. The van der Waals surface area contributed by atoms with Crippen molar-refractivity contribution in [2.45, 2.75) is 31.8 Å². The Morgan fingerprint density at radius 1 is 1.50 bits per heavy atom. The standard InChI is InChI=1S/C15H22FN3O/c1-11(20)18-14-5-7-19(8-6-14)15(10-17)12-3-2-4-13(16)9-12/h2-4,9,14-15H,5-8,10,17H2,1H3,(H,18,20). The molecule has 1 aliphatic heterocycles. The average molecular weight is 279 g/mol. The van der Waals surface area contributed by atoms with Crippen molar-refractivity contribution in [3.8, 4) is 0 Å². The van der Waals surface area contributed by atoms with E-state index in [0.29, 0.717) is 6.54 Å². The fourth-order valence-electron chi connectivity index (χ4n) is 2.85. The van der Waals surface area contributed by atoms with Crippen LogP contribution in [0.4, 0.5) is 4.39 Å². The Bertz CT molecular complexity index is 458. The summed E-state index contributed by atoms with van der Waals surface area (Å²) in [5, 5.41) is 2.95. The molecule has 2 rings (SSSR count). The van der Waals surface area contributed by atoms with Gasteiger partial charge in [0.1, 0.15) is 5.82 Å². The quantitative estimate of drug-likeness (QED) is 0.876. The Morgan fingerprint density at radius 2 is 2.20 bits per heavy atom. The van der Waals surface area contributed by atoms with E-state index in [-0.39, 0.29) is 23.8 Å². The predicted molar refractivity (Wildman–Crippen MR) is 76.6 cm³/mol. The van der Waals surface area contributed by atoms with Gasteiger partial charge in [0.15, 0.2) is 0 Å². The Hall–Kier alpha value is -1.46. The lowest BCUT2D eigenvalue weighted by molar-refractivity contribution is -0.120. The predicted octanol–water partition coefficient (Wildman–Crippen LogP) is 1.43. The van der Waals surface area contributed by atoms with Gasteiger partial charge < -0.3 is 11.1 Å². The van der Waals surface area contributed by atoms with Crippen LogP contribution in [0.15, 0.2) is 24.3 Å². The maximum atomic E-state index is 13.3. The zero-order valence-electron chi connectivity index (χ0n) is 11.8. The van der Waals surface area contributed by atoms with Crippen LogP contribution in [0.3, 0.4) is 0 Å². The van der Waals surface area contributed by atoms with E-state index < -0.39 is 0 Å². The van der Waals surface area contributed by atoms with Crippen molar-refractivity contribution in [1.82, 2.24) is 10.2 Å². The Labute approximate surface area is 119 Å². The van der Waals surface area contributed by atoms with Crippen molar-refractivity contribution < 1.29 is 9.18 Å². The molecule has 1 amide bonds. The van der Waals surface area contributed by atoms with Crippen molar-refractivity contribution in [3.63, 3.8) is 0 Å². The first-order valence-corrected chi connectivity index (χ1v) is 7.07. The molecule has 0 spiro atoms. The number of likely N-dealkylation sites (tertiary alicyclic amines) is 1. The topological polar surface area (TPSA) is 58.4 Å². The van der Waals surface area contributed by atoms with Gasteiger partial charge in [-0.25, -0.2) is 4.39 Å². The van der Waals surface area contributed by atoms with E-state index in [1.54, 1.807) is 19.1 Å². The van der Waals surface area contributed by atoms with Crippen LogP contribution in [-0.4, -0.2) is 36.5 Å². The van der Waals surface area contributed by atoms with Gasteiger partial charge in [-0.15, -0.1) is 0 Å². The van der Waals surface area contributed by atoms with Gasteiger partial charge >= 0.3 is 0 Å². The third-order valence-corrected chi connectivity index (χ3v) is 3.83. The Balaban J connectivity index is 1.98. The second kappa shape index (κ2) is 6.81. The number of rotatable bonds is 4. The number of halogens is 1. The number of amides is 1. The van der Waals surface area contributed by atoms with Gasteiger partial charge in [0.05, 0.1) is 0 Å². The molecular weight excluding hydrogens is 257 g/mol. The van der Waals surface area contributed by atoms with E-state index in [0.717, 1.165) is 31.5 Å². The molecule has 4 nitrogen and oxygen atoms in total. The molecule has 0 aromatic heterocycles. The maximum absolute atomic E-state index is 13.3. The van der Waals surface area contributed by atoms with Crippen LogP contribution in [0.2, 0.25) is 0 Å². The van der Waals surface area contributed by atoms with Gasteiger partial charge in [-0.1, -0.05) is 12.1 Å². The molecule has 1 aromatic rings. The van der Waals surface area contributed by atoms with Gasteiger partial charge in [-0.2, -0.15) is 0 Å². The average Bonchev–Trinajstić information content (AvgIpc) is 2.41. The number of nitrogens with two attached hydrogens (primary N) is 1. The molecule has 1 saturated heterocycles. The second-order valence-electron chi connectivity index (χ2n) is 5.32. The van der Waals surface area contributed by atoms with Crippen molar-refractivity contribution in [2.75, 3.05) is 19.6 Å². The highest BCUT2D eigenvalue weighted by Crippen LogP contribution is 2.24. The lowest BCUT2D eigenvalue weighted by atomic mass is 9.99. The van der Waals surface area contributed by atoms with Gasteiger partial charge in [-0.3, -0.25) is 9.69 Å². The summed E-state index contributed by atoms with van der Waals surface area (Å²) in [6.45, 7) is 3.74. The van der Waals surface area contributed by atoms with Crippen LogP contribution in [-0.2, 0) is 4.79 Å². The first-order valence-electron chi connectivity index (χ1n) is 7.07. The molecule has 1 aromatic carbocycles. The number of piperidine rings is 1. The molecular formula is C15H22FN3O. The normalized spacial score (nSPS) is 18.8. The lowest BCUT2D eigenvalue weighted by Gasteiger charge is -2.37. The summed E-state index contributed by atoms with van der Waals surface area (Å²) in [7, 11) is 0. The molecule has 3 N–H and O–H groups in total. The molecule has 20 heavy (non-hydrogen) atoms. The van der Waals surface area contributed by atoms with E-state index in [1.165, 1.54) is 6.07 Å². The largest absolute Gasteiger partial charge is 0.354 e. The smallest absolute Gasteiger partial charge is 0.217 e. The number of hydrogen-bond acceptors (Lipinski definition) is 3. The molecule has 1 unspecified atom stereocenters. The van der Waals surface area contributed by atoms with Crippen LogP contribution in [0, 0.1) is 5.82 Å². The van der Waals surface area contributed by atoms with Crippen LogP contribution in [0.25, 0.3) is 0 Å². The Morgan fingerprint density at radius 3 is 2.75 bits per heavy atom. The molecule has 110 valence electrons. The molecule has 5 heteroatoms. The second-order valence-corrected chi connectivity index (χ2v) is 5.32. The van der Waals surface area contributed by atoms with Crippen molar-refractivity contribution >= 4 is 5.91 Å². The van der Waals surface area contributed by atoms with Crippen LogP contribution in [0.1, 0.15) is 31.4 Å². The molecule has 0 aliphatic carbocycles. The SMILES string of the molecule is CC(=O)NC1CCN(C(CN)c2cccc(F)c2)CC1. The molecule has 0 saturated carbocycles. The molecule has 1 fully saturated rings. The number of nitrogens with one attached hydrogen (secondary N) is 1. The molecule has 1 aliphatic rings. The van der Waals surface area contributed by atoms with Gasteiger partial charge in [0.25, 0.3) is 0 Å². The van der Waals surface area contributed by atoms with Crippen LogP contribution in [0.5, 0.6) is 0 Å². The number of benzene rings is 1. The summed E-state index contributed by atoms with van der Waals surface area (Å²) in [6.07, 6.45) is 1.82. The van der Waals surface area contributed by atoms with Crippen LogP contribution >= 0.6 is 0 Å². The minimum absolute atomic E-state index is 0.0176. The van der Waals surface area contributed by atoms with Crippen molar-refractivity contribution in [2.24, 2.45) is 5.73 Å². The fourth-order valence-corrected chi connectivity index (χ4v) is 2.85. The summed E-state index contributed by atoms with van der Waals surface area (Å²) in [5.74, 6) is -0.210. The minimum Gasteiger partial charge on any atom is -0.354 e. The van der Waals surface area contributed by atoms with Gasteiger partial charge in [0.2, 0.25) is 5.91 Å². The van der Waals surface area contributed by atoms with Gasteiger partial charge in [-0.05, 0) is 30.5 Å². The van der Waals surface area contributed by atoms with Crippen molar-refractivity contribution in [1.29, 1.82) is 0 Å². The first kappa shape index (κ1) is 14.9. The van der Waals surface area contributed by atoms with E-state index in [4.69, 9.17) is 5.73 Å². The number of nitrogens with zero attached hydrogens (tertiary/aromatic N) is 1. The maximum Gasteiger partial charge on any atom is 0.217 e. The number of carbonyl (C=O) groups is 1. The van der Waals surface area contributed by atoms with E-state index >= 15 is 0 Å². The number of hydrogen-bond donors (Lipinski definition) is 2.